The molecular weight excluding hydrogens is 371 g/mol. The van der Waals surface area contributed by atoms with Gasteiger partial charge in [-0.2, -0.15) is 5.10 Å². The molecule has 0 fully saturated rings. The first-order valence-electron chi connectivity index (χ1n) is 5.96. The van der Waals surface area contributed by atoms with Gasteiger partial charge in [0, 0.05) is 18.6 Å². The van der Waals surface area contributed by atoms with Gasteiger partial charge < -0.3 is 0 Å². The average molecular weight is 382 g/mol. The molecule has 3 rings (SSSR count). The molecule has 1 N–H and O–H groups in total. The summed E-state index contributed by atoms with van der Waals surface area (Å²) >= 11 is 1.90. The van der Waals surface area contributed by atoms with Crippen molar-refractivity contribution in [3.63, 3.8) is 0 Å². The smallest absolute Gasteiger partial charge is 0.293 e. The first kappa shape index (κ1) is 13.1. The minimum absolute atomic E-state index is 0.326. The van der Waals surface area contributed by atoms with E-state index in [-0.39, 0.29) is 5.56 Å². The molecule has 2 aromatic heterocycles. The molecule has 0 saturated heterocycles. The maximum atomic E-state index is 11.8. The van der Waals surface area contributed by atoms with Crippen LogP contribution in [0.3, 0.4) is 0 Å². The molecule has 0 spiro atoms. The van der Waals surface area contributed by atoms with Crippen LogP contribution in [-0.4, -0.2) is 19.3 Å². The summed E-state index contributed by atoms with van der Waals surface area (Å²) in [6.07, 6.45) is 1.55. The molecule has 6 nitrogen and oxygen atoms in total. The van der Waals surface area contributed by atoms with Gasteiger partial charge in [0.25, 0.3) is 5.56 Å². The number of nitrogens with zero attached hydrogens (tertiary/aromatic N) is 3. The second-order valence-corrected chi connectivity index (χ2v) is 5.61. The zero-order valence-corrected chi connectivity index (χ0v) is 12.8. The standard InChI is InChI=1S/C13H11IN4O2/c1-17-11-5-3-2-4-8(11)10(16-17)7-18-6-9(14)12(19)15-13(18)20/h2-6H,7H2,1H3,(H,15,19,20). The fourth-order valence-corrected chi connectivity index (χ4v) is 2.64. The number of fused-ring (bicyclic) bond motifs is 1. The second-order valence-electron chi connectivity index (χ2n) is 4.45. The fourth-order valence-electron chi connectivity index (χ4n) is 2.17. The molecule has 0 aliphatic carbocycles. The zero-order valence-electron chi connectivity index (χ0n) is 10.6. The van der Waals surface area contributed by atoms with Gasteiger partial charge in [-0.05, 0) is 28.7 Å². The first-order valence-corrected chi connectivity index (χ1v) is 7.04. The van der Waals surface area contributed by atoms with E-state index in [1.54, 1.807) is 10.9 Å². The Hall–Kier alpha value is -1.90. The second kappa shape index (κ2) is 4.89. The molecule has 7 heteroatoms. The average Bonchev–Trinajstić information content (AvgIpc) is 2.74. The Balaban J connectivity index is 2.13. The molecule has 20 heavy (non-hydrogen) atoms. The molecule has 1 aromatic carbocycles. The monoisotopic (exact) mass is 382 g/mol. The van der Waals surface area contributed by atoms with Crippen molar-refractivity contribution in [2.45, 2.75) is 6.54 Å². The summed E-state index contributed by atoms with van der Waals surface area (Å²) in [5, 5.41) is 5.44. The highest BCUT2D eigenvalue weighted by Crippen LogP contribution is 2.17. The number of hydrogen-bond donors (Lipinski definition) is 1. The number of H-pyrrole nitrogens is 1. The van der Waals surface area contributed by atoms with Crippen molar-refractivity contribution in [3.05, 3.63) is 60.6 Å². The van der Waals surface area contributed by atoms with Crippen LogP contribution in [-0.2, 0) is 13.6 Å². The van der Waals surface area contributed by atoms with E-state index in [0.717, 1.165) is 16.6 Å². The Kier molecular flexibility index (Phi) is 3.20. The molecule has 0 atom stereocenters. The number of benzene rings is 1. The van der Waals surface area contributed by atoms with Crippen molar-refractivity contribution in [3.8, 4) is 0 Å². The van der Waals surface area contributed by atoms with E-state index < -0.39 is 5.69 Å². The molecule has 102 valence electrons. The number of para-hydroxylation sites is 1. The molecule has 0 amide bonds. The number of aryl methyl sites for hydroxylation is 1. The van der Waals surface area contributed by atoms with Crippen LogP contribution in [0.5, 0.6) is 0 Å². The maximum Gasteiger partial charge on any atom is 0.328 e. The van der Waals surface area contributed by atoms with Gasteiger partial charge in [0.1, 0.15) is 0 Å². The molecular formula is C13H11IN4O2. The summed E-state index contributed by atoms with van der Waals surface area (Å²) in [6.45, 7) is 0.326. The Bertz CT molecular complexity index is 907. The summed E-state index contributed by atoms with van der Waals surface area (Å²) < 4.78 is 3.71. The molecule has 0 unspecified atom stereocenters. The third kappa shape index (κ3) is 2.17. The SMILES string of the molecule is Cn1nc(Cn2cc(I)c(=O)[nH]c2=O)c2ccccc21. The van der Waals surface area contributed by atoms with Crippen molar-refractivity contribution >= 4 is 33.5 Å². The third-order valence-electron chi connectivity index (χ3n) is 3.12. The summed E-state index contributed by atoms with van der Waals surface area (Å²) in [6, 6.07) is 7.83. The van der Waals surface area contributed by atoms with E-state index in [4.69, 9.17) is 0 Å². The molecule has 0 aliphatic heterocycles. The molecule has 0 saturated carbocycles. The van der Waals surface area contributed by atoms with Crippen LogP contribution >= 0.6 is 22.6 Å². The van der Waals surface area contributed by atoms with E-state index in [1.807, 2.05) is 53.9 Å². The quantitative estimate of drug-likeness (QED) is 0.675. The van der Waals surface area contributed by atoms with Crippen molar-refractivity contribution in [1.82, 2.24) is 19.3 Å². The Labute approximate surface area is 127 Å². The van der Waals surface area contributed by atoms with Gasteiger partial charge in [-0.3, -0.25) is 19.0 Å². The first-order chi connectivity index (χ1) is 9.56. The highest BCUT2D eigenvalue weighted by atomic mass is 127. The minimum atomic E-state index is -0.426. The maximum absolute atomic E-state index is 11.8. The van der Waals surface area contributed by atoms with Crippen molar-refractivity contribution < 1.29 is 0 Å². The van der Waals surface area contributed by atoms with Gasteiger partial charge in [-0.25, -0.2) is 4.79 Å². The van der Waals surface area contributed by atoms with Gasteiger partial charge >= 0.3 is 5.69 Å². The van der Waals surface area contributed by atoms with Gasteiger partial charge in [0.15, 0.2) is 0 Å². The van der Waals surface area contributed by atoms with E-state index in [9.17, 15) is 9.59 Å². The third-order valence-corrected chi connectivity index (χ3v) is 3.89. The van der Waals surface area contributed by atoms with E-state index in [1.165, 1.54) is 4.57 Å². The highest BCUT2D eigenvalue weighted by Gasteiger charge is 2.10. The molecule has 0 bridgehead atoms. The molecule has 3 aromatic rings. The van der Waals surface area contributed by atoms with Crippen LogP contribution in [0.4, 0.5) is 0 Å². The topological polar surface area (TPSA) is 72.7 Å². The number of aromatic nitrogens is 4. The predicted molar refractivity (Wildman–Crippen MR) is 83.9 cm³/mol. The van der Waals surface area contributed by atoms with Gasteiger partial charge in [0.05, 0.1) is 21.3 Å². The van der Waals surface area contributed by atoms with Crippen LogP contribution in [0.15, 0.2) is 40.1 Å². The van der Waals surface area contributed by atoms with Crippen molar-refractivity contribution in [2.24, 2.45) is 7.05 Å². The predicted octanol–water partition coefficient (Wildman–Crippen LogP) is 1.08. The van der Waals surface area contributed by atoms with E-state index in [0.29, 0.717) is 10.1 Å². The van der Waals surface area contributed by atoms with Gasteiger partial charge in [-0.1, -0.05) is 18.2 Å². The summed E-state index contributed by atoms with van der Waals surface area (Å²) in [4.78, 5) is 25.5. The normalized spacial score (nSPS) is 11.1. The highest BCUT2D eigenvalue weighted by molar-refractivity contribution is 14.1. The lowest BCUT2D eigenvalue weighted by Crippen LogP contribution is -2.31. The number of rotatable bonds is 2. The Morgan fingerprint density at radius 1 is 1.30 bits per heavy atom. The fraction of sp³-hybridized carbons (Fsp3) is 0.154. The molecule has 0 radical (unpaired) electrons. The van der Waals surface area contributed by atoms with Gasteiger partial charge in [-0.15, -0.1) is 0 Å². The Morgan fingerprint density at radius 2 is 2.05 bits per heavy atom. The van der Waals surface area contributed by atoms with Crippen LogP contribution in [0.25, 0.3) is 10.9 Å². The van der Waals surface area contributed by atoms with Crippen molar-refractivity contribution in [2.75, 3.05) is 0 Å². The molecule has 0 aliphatic rings. The number of nitrogens with one attached hydrogen (secondary N) is 1. The van der Waals surface area contributed by atoms with Crippen LogP contribution < -0.4 is 11.2 Å². The van der Waals surface area contributed by atoms with Gasteiger partial charge in [0.2, 0.25) is 0 Å². The lowest BCUT2D eigenvalue weighted by molar-refractivity contribution is 0.677. The largest absolute Gasteiger partial charge is 0.328 e. The van der Waals surface area contributed by atoms with Crippen molar-refractivity contribution in [1.29, 1.82) is 0 Å². The number of halogens is 1. The lowest BCUT2D eigenvalue weighted by atomic mass is 10.2. The van der Waals surface area contributed by atoms with Crippen LogP contribution in [0.2, 0.25) is 0 Å². The van der Waals surface area contributed by atoms with E-state index >= 15 is 0 Å². The van der Waals surface area contributed by atoms with Crippen LogP contribution in [0, 0.1) is 3.57 Å². The summed E-state index contributed by atoms with van der Waals surface area (Å²) in [5.41, 5.74) is 1.02. The summed E-state index contributed by atoms with van der Waals surface area (Å²) in [5.74, 6) is 0. The van der Waals surface area contributed by atoms with Crippen LogP contribution in [0.1, 0.15) is 5.69 Å². The Morgan fingerprint density at radius 3 is 2.85 bits per heavy atom. The molecule has 2 heterocycles. The number of hydrogen-bond acceptors (Lipinski definition) is 3. The number of aromatic amines is 1. The zero-order chi connectivity index (χ0) is 14.3. The van der Waals surface area contributed by atoms with E-state index in [2.05, 4.69) is 10.1 Å². The minimum Gasteiger partial charge on any atom is -0.293 e. The lowest BCUT2D eigenvalue weighted by Gasteiger charge is -2.03. The summed E-state index contributed by atoms with van der Waals surface area (Å²) in [7, 11) is 1.87.